The number of benzene rings is 2. The van der Waals surface area contributed by atoms with E-state index in [1.807, 2.05) is 30.3 Å². The molecular weight excluding hydrogens is 394 g/mol. The molecule has 0 aromatic heterocycles. The van der Waals surface area contributed by atoms with Crippen LogP contribution in [-0.4, -0.2) is 37.1 Å². The first-order valence-electron chi connectivity index (χ1n) is 9.40. The maximum absolute atomic E-state index is 13.0. The molecule has 0 unspecified atom stereocenters. The fourth-order valence-electron chi connectivity index (χ4n) is 3.62. The number of nitrogens with zero attached hydrogens (tertiary/aromatic N) is 1. The fourth-order valence-corrected chi connectivity index (χ4v) is 3.62. The molecule has 1 saturated heterocycles. The Morgan fingerprint density at radius 1 is 0.862 bits per heavy atom. The lowest BCUT2D eigenvalue weighted by Crippen LogP contribution is -2.52. The Labute approximate surface area is 165 Å². The molecule has 2 aromatic carbocycles. The Morgan fingerprint density at radius 2 is 1.48 bits per heavy atom. The molecule has 1 heterocycles. The van der Waals surface area contributed by atoms with E-state index in [4.69, 9.17) is 0 Å². The van der Waals surface area contributed by atoms with Crippen molar-refractivity contribution in [2.24, 2.45) is 0 Å². The van der Waals surface area contributed by atoms with Crippen LogP contribution in [0, 0.1) is 0 Å². The summed E-state index contributed by atoms with van der Waals surface area (Å²) in [7, 11) is 0. The molecule has 2 nitrogen and oxygen atoms in total. The third kappa shape index (κ3) is 5.96. The van der Waals surface area contributed by atoms with Crippen LogP contribution in [0.25, 0.3) is 0 Å². The molecular formula is C21H22F6N2. The van der Waals surface area contributed by atoms with Crippen molar-refractivity contribution in [2.75, 3.05) is 26.2 Å². The molecule has 158 valence electrons. The van der Waals surface area contributed by atoms with Crippen molar-refractivity contribution in [1.82, 2.24) is 10.2 Å². The lowest BCUT2D eigenvalue weighted by Gasteiger charge is -2.36. The SMILES string of the molecule is FC(F)(F)c1cc(CCN2CCNC[C@@H]2Cc2ccccc2)cc(C(F)(F)F)c1. The van der Waals surface area contributed by atoms with Crippen LogP contribution in [0.15, 0.2) is 48.5 Å². The number of nitrogens with one attached hydrogen (secondary N) is 1. The standard InChI is InChI=1S/C21H22F6N2/c22-20(23,24)17-10-16(11-18(13-17)21(25,26)27)6-8-29-9-7-28-14-19(29)12-15-4-2-1-3-5-15/h1-5,10-11,13,19,28H,6-9,12,14H2/t19-/m0/s1. The van der Waals surface area contributed by atoms with Gasteiger partial charge in [-0.2, -0.15) is 26.3 Å². The van der Waals surface area contributed by atoms with Crippen molar-refractivity contribution < 1.29 is 26.3 Å². The molecule has 0 bridgehead atoms. The zero-order chi connectivity index (χ0) is 21.1. The molecule has 0 radical (unpaired) electrons. The first-order chi connectivity index (χ1) is 13.6. The second-order valence-corrected chi connectivity index (χ2v) is 7.25. The van der Waals surface area contributed by atoms with Crippen molar-refractivity contribution in [3.05, 3.63) is 70.8 Å². The highest BCUT2D eigenvalue weighted by Crippen LogP contribution is 2.36. The molecule has 1 fully saturated rings. The molecule has 29 heavy (non-hydrogen) atoms. The van der Waals surface area contributed by atoms with Gasteiger partial charge in [0.1, 0.15) is 0 Å². The molecule has 1 atom stereocenters. The Hall–Kier alpha value is -2.06. The molecule has 0 amide bonds. The second kappa shape index (κ2) is 8.75. The van der Waals surface area contributed by atoms with E-state index in [0.717, 1.165) is 37.2 Å². The van der Waals surface area contributed by atoms with Gasteiger partial charge in [0.2, 0.25) is 0 Å². The average Bonchev–Trinajstić information content (AvgIpc) is 2.66. The number of halogens is 6. The van der Waals surface area contributed by atoms with E-state index in [1.54, 1.807) is 0 Å². The summed E-state index contributed by atoms with van der Waals surface area (Å²) in [5.41, 5.74) is -1.33. The summed E-state index contributed by atoms with van der Waals surface area (Å²) in [5.74, 6) is 0. The summed E-state index contributed by atoms with van der Waals surface area (Å²) in [5, 5.41) is 3.30. The minimum atomic E-state index is -4.82. The Balaban J connectivity index is 1.74. The van der Waals surface area contributed by atoms with E-state index in [1.165, 1.54) is 0 Å². The van der Waals surface area contributed by atoms with Crippen molar-refractivity contribution in [3.63, 3.8) is 0 Å². The Morgan fingerprint density at radius 3 is 2.07 bits per heavy atom. The summed E-state index contributed by atoms with van der Waals surface area (Å²) in [6.45, 7) is 2.56. The third-order valence-corrected chi connectivity index (χ3v) is 5.12. The molecule has 1 aliphatic heterocycles. The highest BCUT2D eigenvalue weighted by atomic mass is 19.4. The van der Waals surface area contributed by atoms with Crippen molar-refractivity contribution >= 4 is 0 Å². The molecule has 0 saturated carbocycles. The zero-order valence-corrected chi connectivity index (χ0v) is 15.7. The van der Waals surface area contributed by atoms with Crippen LogP contribution in [0.3, 0.4) is 0 Å². The summed E-state index contributed by atoms with van der Waals surface area (Å²) >= 11 is 0. The summed E-state index contributed by atoms with van der Waals surface area (Å²) < 4.78 is 78.3. The van der Waals surface area contributed by atoms with Gasteiger partial charge < -0.3 is 5.32 Å². The van der Waals surface area contributed by atoms with Gasteiger partial charge in [0.25, 0.3) is 0 Å². The van der Waals surface area contributed by atoms with Gasteiger partial charge in [-0.1, -0.05) is 30.3 Å². The highest BCUT2D eigenvalue weighted by molar-refractivity contribution is 5.34. The van der Waals surface area contributed by atoms with Gasteiger partial charge in [0, 0.05) is 32.2 Å². The normalized spacial score (nSPS) is 18.8. The van der Waals surface area contributed by atoms with Gasteiger partial charge in [-0.05, 0) is 42.2 Å². The zero-order valence-electron chi connectivity index (χ0n) is 15.7. The fraction of sp³-hybridized carbons (Fsp3) is 0.429. The monoisotopic (exact) mass is 416 g/mol. The van der Waals surface area contributed by atoms with Crippen LogP contribution in [0.1, 0.15) is 22.3 Å². The number of hydrogen-bond donors (Lipinski definition) is 1. The van der Waals surface area contributed by atoms with Crippen LogP contribution < -0.4 is 5.32 Å². The largest absolute Gasteiger partial charge is 0.416 e. The first kappa shape index (κ1) is 21.6. The van der Waals surface area contributed by atoms with E-state index in [-0.39, 0.29) is 24.1 Å². The van der Waals surface area contributed by atoms with E-state index < -0.39 is 23.5 Å². The van der Waals surface area contributed by atoms with Crippen LogP contribution in [0.4, 0.5) is 26.3 Å². The van der Waals surface area contributed by atoms with Crippen LogP contribution in [0.5, 0.6) is 0 Å². The lowest BCUT2D eigenvalue weighted by molar-refractivity contribution is -0.143. The maximum atomic E-state index is 13.0. The van der Waals surface area contributed by atoms with Gasteiger partial charge in [0.05, 0.1) is 11.1 Å². The van der Waals surface area contributed by atoms with E-state index in [2.05, 4.69) is 10.2 Å². The third-order valence-electron chi connectivity index (χ3n) is 5.12. The number of piperazine rings is 1. The molecule has 0 aliphatic carbocycles. The van der Waals surface area contributed by atoms with Crippen LogP contribution >= 0.6 is 0 Å². The van der Waals surface area contributed by atoms with Gasteiger partial charge in [0.15, 0.2) is 0 Å². The first-order valence-corrected chi connectivity index (χ1v) is 9.40. The van der Waals surface area contributed by atoms with Crippen molar-refractivity contribution in [2.45, 2.75) is 31.2 Å². The minimum absolute atomic E-state index is 0.0455. The number of rotatable bonds is 5. The highest BCUT2D eigenvalue weighted by Gasteiger charge is 2.37. The molecule has 8 heteroatoms. The maximum Gasteiger partial charge on any atom is 0.416 e. The van der Waals surface area contributed by atoms with E-state index in [0.29, 0.717) is 13.1 Å². The lowest BCUT2D eigenvalue weighted by atomic mass is 10.00. The molecule has 1 aliphatic rings. The van der Waals surface area contributed by atoms with Crippen molar-refractivity contribution in [3.8, 4) is 0 Å². The smallest absolute Gasteiger partial charge is 0.314 e. The van der Waals surface area contributed by atoms with Crippen LogP contribution in [0.2, 0.25) is 0 Å². The number of alkyl halides is 6. The average molecular weight is 416 g/mol. The molecule has 2 aromatic rings. The van der Waals surface area contributed by atoms with Gasteiger partial charge in [-0.25, -0.2) is 0 Å². The van der Waals surface area contributed by atoms with Gasteiger partial charge in [-0.15, -0.1) is 0 Å². The predicted molar refractivity (Wildman–Crippen MR) is 98.5 cm³/mol. The van der Waals surface area contributed by atoms with Gasteiger partial charge in [-0.3, -0.25) is 4.90 Å². The summed E-state index contributed by atoms with van der Waals surface area (Å²) in [6, 6.07) is 11.8. The Bertz CT molecular complexity index is 769. The molecule has 0 spiro atoms. The summed E-state index contributed by atoms with van der Waals surface area (Å²) in [4.78, 5) is 2.14. The quantitative estimate of drug-likeness (QED) is 0.706. The van der Waals surface area contributed by atoms with E-state index in [9.17, 15) is 26.3 Å². The van der Waals surface area contributed by atoms with Gasteiger partial charge >= 0.3 is 12.4 Å². The van der Waals surface area contributed by atoms with E-state index >= 15 is 0 Å². The molecule has 1 N–H and O–H groups in total. The predicted octanol–water partition coefficient (Wildman–Crippen LogP) is 4.78. The van der Waals surface area contributed by atoms with Crippen LogP contribution in [-0.2, 0) is 25.2 Å². The topological polar surface area (TPSA) is 15.3 Å². The number of hydrogen-bond acceptors (Lipinski definition) is 2. The van der Waals surface area contributed by atoms with Crippen molar-refractivity contribution in [1.29, 1.82) is 0 Å². The second-order valence-electron chi connectivity index (χ2n) is 7.25. The minimum Gasteiger partial charge on any atom is -0.314 e. The Kier molecular flexibility index (Phi) is 6.53. The molecule has 3 rings (SSSR count). The summed E-state index contributed by atoms with van der Waals surface area (Å²) in [6.07, 6.45) is -8.75.